The summed E-state index contributed by atoms with van der Waals surface area (Å²) >= 11 is 10.2. The molecule has 18 heteroatoms. The van der Waals surface area contributed by atoms with Crippen LogP contribution in [0.5, 0.6) is 0 Å². The van der Waals surface area contributed by atoms with Gasteiger partial charge in [0, 0.05) is 23.5 Å². The maximum Gasteiger partial charge on any atom is 0.416 e. The minimum Gasteiger partial charge on any atom is -0.358 e. The first kappa shape index (κ1) is 33.5. The van der Waals surface area contributed by atoms with Crippen LogP contribution in [0.15, 0.2) is 36.4 Å². The summed E-state index contributed by atoms with van der Waals surface area (Å²) in [6, 6.07) is 0.480. The van der Waals surface area contributed by atoms with Gasteiger partial charge >= 0.3 is 24.7 Å². The summed E-state index contributed by atoms with van der Waals surface area (Å²) in [5, 5.41) is 9.49. The van der Waals surface area contributed by atoms with E-state index in [0.29, 0.717) is 49.9 Å². The maximum atomic E-state index is 13.2. The molecule has 4 nitrogen and oxygen atoms in total. The predicted molar refractivity (Wildman–Crippen MR) is 138 cm³/mol. The minimum absolute atomic E-state index is 0.0429. The number of nitrogens with one attached hydrogen (secondary N) is 4. The normalized spacial score (nSPS) is 18.3. The van der Waals surface area contributed by atoms with E-state index in [0.717, 1.165) is 0 Å². The van der Waals surface area contributed by atoms with Gasteiger partial charge in [0.1, 0.15) is 0 Å². The number of hydrogen-bond donors (Lipinski definition) is 4. The van der Waals surface area contributed by atoms with Gasteiger partial charge in [-0.3, -0.25) is 0 Å². The Kier molecular flexibility index (Phi) is 9.81. The second-order valence-electron chi connectivity index (χ2n) is 9.28. The average Bonchev–Trinajstić information content (AvgIpc) is 2.82. The van der Waals surface area contributed by atoms with E-state index in [4.69, 9.17) is 24.4 Å². The van der Waals surface area contributed by atoms with E-state index in [9.17, 15) is 52.7 Å². The van der Waals surface area contributed by atoms with Crippen molar-refractivity contribution in [3.63, 3.8) is 0 Å². The summed E-state index contributed by atoms with van der Waals surface area (Å²) in [6.45, 7) is 0. The molecule has 0 amide bonds. The molecule has 0 aliphatic heterocycles. The molecule has 0 bridgehead atoms. The van der Waals surface area contributed by atoms with E-state index in [2.05, 4.69) is 21.3 Å². The SMILES string of the molecule is FC(F)(F)c1cc(NC(=S)N[C@H]2CCCC[C@H]2NC(=S)Nc2cc(C(F)(F)F)cc(C(F)(F)F)c2)cc(C(F)(F)F)c1. The third kappa shape index (κ3) is 9.24. The van der Waals surface area contributed by atoms with E-state index >= 15 is 0 Å². The number of anilines is 2. The third-order valence-electron chi connectivity index (χ3n) is 6.09. The lowest BCUT2D eigenvalue weighted by molar-refractivity contribution is -0.144. The van der Waals surface area contributed by atoms with Gasteiger partial charge in [0.2, 0.25) is 0 Å². The zero-order valence-corrected chi connectivity index (χ0v) is 22.4. The Morgan fingerprint density at radius 1 is 0.500 bits per heavy atom. The van der Waals surface area contributed by atoms with Crippen LogP contribution >= 0.6 is 24.4 Å². The van der Waals surface area contributed by atoms with E-state index in [1.54, 1.807) is 0 Å². The number of rotatable bonds is 4. The molecule has 42 heavy (non-hydrogen) atoms. The van der Waals surface area contributed by atoms with Gasteiger partial charge in [0.25, 0.3) is 0 Å². The van der Waals surface area contributed by atoms with Crippen molar-refractivity contribution in [3.8, 4) is 0 Å². The average molecular weight is 657 g/mol. The Morgan fingerprint density at radius 2 is 0.762 bits per heavy atom. The minimum atomic E-state index is -5.08. The van der Waals surface area contributed by atoms with Crippen LogP contribution in [0.3, 0.4) is 0 Å². The van der Waals surface area contributed by atoms with E-state index < -0.39 is 70.4 Å². The molecule has 0 spiro atoms. The van der Waals surface area contributed by atoms with Gasteiger partial charge in [-0.25, -0.2) is 0 Å². The molecule has 2 atom stereocenters. The number of thiocarbonyl (C=S) groups is 2. The molecule has 2 aromatic rings. The number of halogens is 12. The van der Waals surface area contributed by atoms with Crippen LogP contribution in [0.1, 0.15) is 47.9 Å². The van der Waals surface area contributed by atoms with E-state index in [1.807, 2.05) is 0 Å². The molecule has 1 fully saturated rings. The molecule has 1 saturated carbocycles. The van der Waals surface area contributed by atoms with Crippen molar-refractivity contribution in [2.75, 3.05) is 10.6 Å². The van der Waals surface area contributed by atoms with Crippen molar-refractivity contribution in [2.45, 2.75) is 62.5 Å². The summed E-state index contributed by atoms with van der Waals surface area (Å²) in [6.07, 6.45) is -18.3. The zero-order valence-electron chi connectivity index (χ0n) is 20.8. The Labute approximate surface area is 241 Å². The molecule has 0 unspecified atom stereocenters. The summed E-state index contributed by atoms with van der Waals surface area (Å²) in [4.78, 5) is 0. The first-order valence-electron chi connectivity index (χ1n) is 11.9. The highest BCUT2D eigenvalue weighted by molar-refractivity contribution is 7.80. The van der Waals surface area contributed by atoms with Crippen LogP contribution in [0.2, 0.25) is 0 Å². The van der Waals surface area contributed by atoms with Crippen molar-refractivity contribution in [1.29, 1.82) is 0 Å². The highest BCUT2D eigenvalue weighted by atomic mass is 32.1. The van der Waals surface area contributed by atoms with Gasteiger partial charge in [-0.1, -0.05) is 12.8 Å². The fourth-order valence-corrected chi connectivity index (χ4v) is 4.74. The van der Waals surface area contributed by atoms with Crippen LogP contribution in [0.25, 0.3) is 0 Å². The lowest BCUT2D eigenvalue weighted by atomic mass is 9.90. The van der Waals surface area contributed by atoms with E-state index in [1.165, 1.54) is 0 Å². The van der Waals surface area contributed by atoms with Crippen LogP contribution < -0.4 is 21.3 Å². The van der Waals surface area contributed by atoms with Crippen LogP contribution in [-0.2, 0) is 24.7 Å². The second kappa shape index (κ2) is 12.3. The summed E-state index contributed by atoms with van der Waals surface area (Å²) in [5.74, 6) is 0. The van der Waals surface area contributed by atoms with Gasteiger partial charge in [0.15, 0.2) is 10.2 Å². The summed E-state index contributed by atoms with van der Waals surface area (Å²) < 4.78 is 158. The molecular formula is C24H20F12N4S2. The number of alkyl halides is 12. The molecule has 0 radical (unpaired) electrons. The monoisotopic (exact) mass is 656 g/mol. The first-order valence-corrected chi connectivity index (χ1v) is 12.7. The second-order valence-corrected chi connectivity index (χ2v) is 10.1. The van der Waals surface area contributed by atoms with Gasteiger partial charge in [-0.2, -0.15) is 52.7 Å². The van der Waals surface area contributed by atoms with Crippen molar-refractivity contribution in [3.05, 3.63) is 58.7 Å². The lowest BCUT2D eigenvalue weighted by Gasteiger charge is -2.34. The molecule has 1 aliphatic carbocycles. The summed E-state index contributed by atoms with van der Waals surface area (Å²) in [7, 11) is 0. The quantitative estimate of drug-likeness (QED) is 0.196. The van der Waals surface area contributed by atoms with Crippen molar-refractivity contribution >= 4 is 46.0 Å². The van der Waals surface area contributed by atoms with Gasteiger partial charge < -0.3 is 21.3 Å². The smallest absolute Gasteiger partial charge is 0.358 e. The molecule has 1 aliphatic rings. The van der Waals surface area contributed by atoms with Crippen LogP contribution in [-0.4, -0.2) is 22.3 Å². The molecule has 0 saturated heterocycles. The van der Waals surface area contributed by atoms with Crippen LogP contribution in [0, 0.1) is 0 Å². The molecule has 3 rings (SSSR count). The molecule has 0 heterocycles. The highest BCUT2D eigenvalue weighted by Crippen LogP contribution is 2.39. The fraction of sp³-hybridized carbons (Fsp3) is 0.417. The largest absolute Gasteiger partial charge is 0.416 e. The lowest BCUT2D eigenvalue weighted by Crippen LogP contribution is -2.54. The number of hydrogen-bond acceptors (Lipinski definition) is 2. The predicted octanol–water partition coefficient (Wildman–Crippen LogP) is 8.35. The van der Waals surface area contributed by atoms with E-state index in [-0.39, 0.29) is 22.4 Å². The van der Waals surface area contributed by atoms with Gasteiger partial charge in [-0.15, -0.1) is 0 Å². The molecule has 4 N–H and O–H groups in total. The van der Waals surface area contributed by atoms with Gasteiger partial charge in [0.05, 0.1) is 22.3 Å². The Hall–Kier alpha value is -3.02. The first-order chi connectivity index (χ1) is 19.1. The topological polar surface area (TPSA) is 48.1 Å². The molecule has 232 valence electrons. The van der Waals surface area contributed by atoms with Crippen molar-refractivity contribution in [2.24, 2.45) is 0 Å². The third-order valence-corrected chi connectivity index (χ3v) is 6.53. The van der Waals surface area contributed by atoms with Crippen molar-refractivity contribution < 1.29 is 52.7 Å². The molecule has 0 aromatic heterocycles. The Bertz CT molecular complexity index is 1140. The van der Waals surface area contributed by atoms with Crippen molar-refractivity contribution in [1.82, 2.24) is 10.6 Å². The Morgan fingerprint density at radius 3 is 1.00 bits per heavy atom. The van der Waals surface area contributed by atoms with Gasteiger partial charge in [-0.05, 0) is 73.7 Å². The van der Waals surface area contributed by atoms with Crippen LogP contribution in [0.4, 0.5) is 64.1 Å². The highest BCUT2D eigenvalue weighted by Gasteiger charge is 2.38. The maximum absolute atomic E-state index is 13.2. The summed E-state index contributed by atoms with van der Waals surface area (Å²) in [5.41, 5.74) is -7.40. The zero-order chi connectivity index (χ0) is 31.7. The fourth-order valence-electron chi connectivity index (χ4n) is 4.20. The standard InChI is InChI=1S/C24H20F12N4S2/c25-21(26,27)11-5-12(22(28,29)30)8-15(7-11)37-19(41)39-17-3-1-2-4-18(17)40-20(42)38-16-9-13(23(31,32)33)6-14(10-16)24(34,35)36/h5-10,17-18H,1-4H2,(H2,37,39,41)(H2,38,40,42)/t17-,18+. The number of benzene rings is 2. The molecular weight excluding hydrogens is 636 g/mol. The molecule has 2 aromatic carbocycles. The Balaban J connectivity index is 1.73.